The molecule has 4 nitrogen and oxygen atoms in total. The maximum Gasteiger partial charge on any atom is 0.264 e. The lowest BCUT2D eigenvalue weighted by Crippen LogP contribution is -2.25. The van der Waals surface area contributed by atoms with Crippen LogP contribution in [0.3, 0.4) is 0 Å². The first-order valence-electron chi connectivity index (χ1n) is 8.47. The van der Waals surface area contributed by atoms with Crippen molar-refractivity contribution in [2.75, 3.05) is 0 Å². The van der Waals surface area contributed by atoms with E-state index < -0.39 is 0 Å². The Morgan fingerprint density at radius 3 is 2.68 bits per heavy atom. The Labute approximate surface area is 151 Å². The molecule has 0 bridgehead atoms. The fourth-order valence-electron chi connectivity index (χ4n) is 3.18. The summed E-state index contributed by atoms with van der Waals surface area (Å²) < 4.78 is 1.16. The van der Waals surface area contributed by atoms with Gasteiger partial charge in [0.15, 0.2) is 0 Å². The van der Waals surface area contributed by atoms with Crippen molar-refractivity contribution in [3.8, 4) is 0 Å². The molecule has 1 aliphatic heterocycles. The summed E-state index contributed by atoms with van der Waals surface area (Å²) in [6.45, 7) is 9.50. The monoisotopic (exact) mass is 351 g/mol. The third kappa shape index (κ3) is 2.72. The number of carbonyl (C=O) groups excluding carboxylic acids is 1. The van der Waals surface area contributed by atoms with E-state index in [1.54, 1.807) is 11.3 Å². The molecule has 3 heterocycles. The highest BCUT2D eigenvalue weighted by Gasteiger charge is 2.29. The fraction of sp³-hybridized carbons (Fsp3) is 0.350. The number of hydrogen-bond donors (Lipinski definition) is 0. The lowest BCUT2D eigenvalue weighted by molar-refractivity contribution is 0.0754. The zero-order chi connectivity index (χ0) is 17.8. The zero-order valence-electron chi connectivity index (χ0n) is 15.0. The molecule has 0 unspecified atom stereocenters. The van der Waals surface area contributed by atoms with Crippen molar-refractivity contribution >= 4 is 27.3 Å². The summed E-state index contributed by atoms with van der Waals surface area (Å²) in [5.41, 5.74) is 3.02. The smallest absolute Gasteiger partial charge is 0.264 e. The van der Waals surface area contributed by atoms with Gasteiger partial charge in [-0.3, -0.25) is 4.79 Å². The summed E-state index contributed by atoms with van der Waals surface area (Å²) in [5.74, 6) is 0.924. The molecular weight excluding hydrogens is 330 g/mol. The van der Waals surface area contributed by atoms with Crippen LogP contribution in [-0.2, 0) is 18.5 Å². The van der Waals surface area contributed by atoms with Gasteiger partial charge in [-0.05, 0) is 23.9 Å². The predicted octanol–water partition coefficient (Wildman–Crippen LogP) is 4.45. The Morgan fingerprint density at radius 2 is 1.96 bits per heavy atom. The van der Waals surface area contributed by atoms with Gasteiger partial charge in [0.25, 0.3) is 5.91 Å². The van der Waals surface area contributed by atoms with E-state index in [1.165, 1.54) is 5.39 Å². The van der Waals surface area contributed by atoms with Gasteiger partial charge < -0.3 is 4.90 Å². The van der Waals surface area contributed by atoms with Crippen LogP contribution in [0.25, 0.3) is 10.1 Å². The summed E-state index contributed by atoms with van der Waals surface area (Å²) in [7, 11) is 0. The van der Waals surface area contributed by atoms with Gasteiger partial charge in [-0.25, -0.2) is 9.97 Å². The first-order valence-corrected chi connectivity index (χ1v) is 9.29. The molecule has 25 heavy (non-hydrogen) atoms. The standard InChI is InChI=1S/C20H21N3OS/c1-12-14-7-5-6-8-16(14)25-17(12)18(24)23-10-13-9-21-19(20(2,3)4)22-15(13)11-23/h5-9H,10-11H2,1-4H3. The summed E-state index contributed by atoms with van der Waals surface area (Å²) in [4.78, 5) is 25.0. The van der Waals surface area contributed by atoms with Crippen molar-refractivity contribution in [1.29, 1.82) is 0 Å². The van der Waals surface area contributed by atoms with Gasteiger partial charge in [-0.2, -0.15) is 0 Å². The SMILES string of the molecule is Cc1c(C(=O)N2Cc3cnc(C(C)(C)C)nc3C2)sc2ccccc12. The molecule has 128 valence electrons. The van der Waals surface area contributed by atoms with E-state index in [-0.39, 0.29) is 11.3 Å². The second-order valence-electron chi connectivity index (χ2n) is 7.63. The minimum Gasteiger partial charge on any atom is -0.328 e. The summed E-state index contributed by atoms with van der Waals surface area (Å²) >= 11 is 1.58. The van der Waals surface area contributed by atoms with Crippen LogP contribution in [-0.4, -0.2) is 20.8 Å². The van der Waals surface area contributed by atoms with E-state index in [0.29, 0.717) is 13.1 Å². The maximum absolute atomic E-state index is 13.1. The lowest BCUT2D eigenvalue weighted by atomic mass is 9.95. The number of amides is 1. The Morgan fingerprint density at radius 1 is 1.20 bits per heavy atom. The van der Waals surface area contributed by atoms with Gasteiger partial charge in [0.1, 0.15) is 5.82 Å². The third-order valence-electron chi connectivity index (χ3n) is 4.65. The van der Waals surface area contributed by atoms with Gasteiger partial charge in [0, 0.05) is 28.4 Å². The second kappa shape index (κ2) is 5.63. The molecule has 1 aliphatic rings. The summed E-state index contributed by atoms with van der Waals surface area (Å²) in [6.07, 6.45) is 1.88. The number of hydrogen-bond acceptors (Lipinski definition) is 4. The minimum absolute atomic E-state index is 0.0888. The topological polar surface area (TPSA) is 46.1 Å². The second-order valence-corrected chi connectivity index (χ2v) is 8.68. The molecule has 1 amide bonds. The Bertz CT molecular complexity index is 984. The maximum atomic E-state index is 13.1. The molecule has 5 heteroatoms. The molecule has 0 fully saturated rings. The predicted molar refractivity (Wildman–Crippen MR) is 101 cm³/mol. The van der Waals surface area contributed by atoms with Crippen molar-refractivity contribution in [3.63, 3.8) is 0 Å². The van der Waals surface area contributed by atoms with Crippen molar-refractivity contribution in [1.82, 2.24) is 14.9 Å². The molecule has 3 aromatic rings. The lowest BCUT2D eigenvalue weighted by Gasteiger charge is -2.16. The van der Waals surface area contributed by atoms with Crippen molar-refractivity contribution in [2.24, 2.45) is 0 Å². The van der Waals surface area contributed by atoms with Crippen LogP contribution < -0.4 is 0 Å². The first kappa shape index (κ1) is 16.2. The number of carbonyl (C=O) groups is 1. The highest BCUT2D eigenvalue weighted by molar-refractivity contribution is 7.21. The van der Waals surface area contributed by atoms with E-state index in [1.807, 2.05) is 30.2 Å². The molecule has 0 N–H and O–H groups in total. The summed E-state index contributed by atoms with van der Waals surface area (Å²) in [6, 6.07) is 8.19. The largest absolute Gasteiger partial charge is 0.328 e. The number of aromatic nitrogens is 2. The molecule has 0 saturated carbocycles. The van der Waals surface area contributed by atoms with Gasteiger partial charge in [0.05, 0.1) is 17.1 Å². The Hall–Kier alpha value is -2.27. The molecule has 2 aromatic heterocycles. The molecule has 1 aromatic carbocycles. The molecular formula is C20H21N3OS. The third-order valence-corrected chi connectivity index (χ3v) is 5.91. The van der Waals surface area contributed by atoms with Crippen LogP contribution in [0.15, 0.2) is 30.5 Å². The highest BCUT2D eigenvalue weighted by Crippen LogP contribution is 2.33. The quantitative estimate of drug-likeness (QED) is 0.650. The van der Waals surface area contributed by atoms with E-state index >= 15 is 0 Å². The first-order chi connectivity index (χ1) is 11.8. The fourth-order valence-corrected chi connectivity index (χ4v) is 4.36. The van der Waals surface area contributed by atoms with Gasteiger partial charge in [-0.15, -0.1) is 11.3 Å². The van der Waals surface area contributed by atoms with E-state index in [9.17, 15) is 4.79 Å². The van der Waals surface area contributed by atoms with Crippen molar-refractivity contribution < 1.29 is 4.79 Å². The molecule has 4 rings (SSSR count). The number of fused-ring (bicyclic) bond motifs is 2. The van der Waals surface area contributed by atoms with Gasteiger partial charge >= 0.3 is 0 Å². The number of thiophene rings is 1. The van der Waals surface area contributed by atoms with Crippen LogP contribution >= 0.6 is 11.3 Å². The van der Waals surface area contributed by atoms with Crippen LogP contribution in [0.2, 0.25) is 0 Å². The van der Waals surface area contributed by atoms with Crippen LogP contribution in [0.1, 0.15) is 53.1 Å². The number of rotatable bonds is 1. The average molecular weight is 351 g/mol. The average Bonchev–Trinajstić information content (AvgIpc) is 3.14. The molecule has 0 radical (unpaired) electrons. The van der Waals surface area contributed by atoms with E-state index in [2.05, 4.69) is 37.9 Å². The summed E-state index contributed by atoms with van der Waals surface area (Å²) in [5, 5.41) is 1.17. The van der Waals surface area contributed by atoms with Crippen molar-refractivity contribution in [3.05, 3.63) is 58.0 Å². The van der Waals surface area contributed by atoms with Crippen LogP contribution in [0.4, 0.5) is 0 Å². The zero-order valence-corrected chi connectivity index (χ0v) is 15.8. The molecule has 0 spiro atoms. The van der Waals surface area contributed by atoms with Crippen LogP contribution in [0.5, 0.6) is 0 Å². The normalized spacial score (nSPS) is 14.2. The highest BCUT2D eigenvalue weighted by atomic mass is 32.1. The van der Waals surface area contributed by atoms with E-state index in [4.69, 9.17) is 4.98 Å². The van der Waals surface area contributed by atoms with Crippen LogP contribution in [0, 0.1) is 6.92 Å². The van der Waals surface area contributed by atoms with E-state index in [0.717, 1.165) is 32.2 Å². The molecule has 0 atom stereocenters. The Kier molecular flexibility index (Phi) is 3.65. The van der Waals surface area contributed by atoms with Gasteiger partial charge in [-0.1, -0.05) is 39.0 Å². The minimum atomic E-state index is -0.0888. The Balaban J connectivity index is 1.64. The number of benzene rings is 1. The van der Waals surface area contributed by atoms with Gasteiger partial charge in [0.2, 0.25) is 0 Å². The van der Waals surface area contributed by atoms with Crippen molar-refractivity contribution in [2.45, 2.75) is 46.2 Å². The number of aryl methyl sites for hydroxylation is 1. The molecule has 0 saturated heterocycles. The number of nitrogens with zero attached hydrogens (tertiary/aromatic N) is 3. The molecule has 0 aliphatic carbocycles.